The molecule has 6 heteroatoms. The van der Waals surface area contributed by atoms with Gasteiger partial charge in [0.05, 0.1) is 29.6 Å². The van der Waals surface area contributed by atoms with E-state index in [1.54, 1.807) is 18.6 Å². The first-order valence-corrected chi connectivity index (χ1v) is 9.71. The van der Waals surface area contributed by atoms with Crippen LogP contribution < -0.4 is 10.1 Å². The van der Waals surface area contributed by atoms with Crippen molar-refractivity contribution in [1.82, 2.24) is 15.0 Å². The number of fused-ring (bicyclic) bond motifs is 1. The molecule has 28 heavy (non-hydrogen) atoms. The van der Waals surface area contributed by atoms with Gasteiger partial charge in [-0.2, -0.15) is 0 Å². The average Bonchev–Trinajstić information content (AvgIpc) is 3.37. The number of hydrogen-bond donors (Lipinski definition) is 1. The molecule has 1 saturated carbocycles. The van der Waals surface area contributed by atoms with Gasteiger partial charge in [-0.3, -0.25) is 9.97 Å². The van der Waals surface area contributed by atoms with Crippen molar-refractivity contribution in [2.75, 3.05) is 5.32 Å². The zero-order chi connectivity index (χ0) is 18.8. The van der Waals surface area contributed by atoms with Crippen LogP contribution in [0.15, 0.2) is 60.0 Å². The molecule has 1 N–H and O–H groups in total. The van der Waals surface area contributed by atoms with E-state index in [2.05, 4.69) is 20.3 Å². The van der Waals surface area contributed by atoms with Crippen LogP contribution in [-0.2, 0) is 6.42 Å². The molecule has 0 saturated heterocycles. The Kier molecular flexibility index (Phi) is 4.45. The SMILES string of the molecule is c1cc(-c2ccc3c(n2)CC(=Nc2cc(OC4CCCC4)ccn2)N3)ccn1. The molecule has 3 aromatic rings. The minimum atomic E-state index is 0.326. The number of nitrogens with zero attached hydrogens (tertiary/aromatic N) is 4. The average molecular weight is 371 g/mol. The summed E-state index contributed by atoms with van der Waals surface area (Å²) in [6.45, 7) is 0. The Balaban J connectivity index is 1.34. The number of aromatic nitrogens is 3. The lowest BCUT2D eigenvalue weighted by molar-refractivity contribution is 0.210. The number of rotatable bonds is 4. The summed E-state index contributed by atoms with van der Waals surface area (Å²) in [5.74, 6) is 2.34. The molecule has 3 aromatic heterocycles. The molecule has 5 rings (SSSR count). The molecule has 0 unspecified atom stereocenters. The van der Waals surface area contributed by atoms with Crippen LogP contribution in [-0.4, -0.2) is 26.9 Å². The van der Waals surface area contributed by atoms with Crippen LogP contribution in [0.3, 0.4) is 0 Å². The lowest BCUT2D eigenvalue weighted by atomic mass is 10.1. The molecule has 0 aromatic carbocycles. The van der Waals surface area contributed by atoms with E-state index in [9.17, 15) is 0 Å². The standard InChI is InChI=1S/C22H21N5O/c1-2-4-16(3-1)28-17-9-12-24-21(13-17)27-22-14-20-19(26-22)6-5-18(25-20)15-7-10-23-11-8-15/h5-13,16H,1-4,14H2,(H,24,26,27). The first-order chi connectivity index (χ1) is 13.8. The van der Waals surface area contributed by atoms with Gasteiger partial charge in [0.25, 0.3) is 0 Å². The highest BCUT2D eigenvalue weighted by Crippen LogP contribution is 2.28. The Bertz CT molecular complexity index is 1010. The van der Waals surface area contributed by atoms with Crippen molar-refractivity contribution in [3.63, 3.8) is 0 Å². The van der Waals surface area contributed by atoms with Crippen LogP contribution >= 0.6 is 0 Å². The van der Waals surface area contributed by atoms with E-state index >= 15 is 0 Å². The van der Waals surface area contributed by atoms with Gasteiger partial charge in [-0.1, -0.05) is 0 Å². The molecule has 1 fully saturated rings. The Hall–Kier alpha value is -3.28. The second-order valence-electron chi connectivity index (χ2n) is 7.16. The summed E-state index contributed by atoms with van der Waals surface area (Å²) >= 11 is 0. The summed E-state index contributed by atoms with van der Waals surface area (Å²) in [5, 5.41) is 3.35. The number of ether oxygens (including phenoxy) is 1. The minimum absolute atomic E-state index is 0.326. The quantitative estimate of drug-likeness (QED) is 0.728. The van der Waals surface area contributed by atoms with E-state index in [1.807, 2.05) is 36.4 Å². The van der Waals surface area contributed by atoms with Crippen molar-refractivity contribution < 1.29 is 4.74 Å². The highest BCUT2D eigenvalue weighted by atomic mass is 16.5. The second kappa shape index (κ2) is 7.38. The summed E-state index contributed by atoms with van der Waals surface area (Å²) in [6.07, 6.45) is 11.1. The van der Waals surface area contributed by atoms with E-state index in [4.69, 9.17) is 9.72 Å². The van der Waals surface area contributed by atoms with Crippen LogP contribution in [0.5, 0.6) is 5.75 Å². The zero-order valence-electron chi connectivity index (χ0n) is 15.5. The van der Waals surface area contributed by atoms with E-state index in [1.165, 1.54) is 12.8 Å². The second-order valence-corrected chi connectivity index (χ2v) is 7.16. The van der Waals surface area contributed by atoms with Crippen LogP contribution in [0.1, 0.15) is 31.4 Å². The number of pyridine rings is 3. The lowest BCUT2D eigenvalue weighted by Crippen LogP contribution is -2.10. The van der Waals surface area contributed by atoms with Gasteiger partial charge in [0.2, 0.25) is 0 Å². The Labute approximate surface area is 163 Å². The van der Waals surface area contributed by atoms with E-state index < -0.39 is 0 Å². The highest BCUT2D eigenvalue weighted by Gasteiger charge is 2.19. The molecule has 2 aliphatic rings. The van der Waals surface area contributed by atoms with Gasteiger partial charge < -0.3 is 10.1 Å². The lowest BCUT2D eigenvalue weighted by Gasteiger charge is -2.12. The summed E-state index contributed by atoms with van der Waals surface area (Å²) < 4.78 is 6.06. The first kappa shape index (κ1) is 16.9. The minimum Gasteiger partial charge on any atom is -0.490 e. The third-order valence-corrected chi connectivity index (χ3v) is 5.14. The maximum Gasteiger partial charge on any atom is 0.157 e. The predicted octanol–water partition coefficient (Wildman–Crippen LogP) is 4.56. The number of hydrogen-bond acceptors (Lipinski definition) is 5. The molecule has 6 nitrogen and oxygen atoms in total. The summed E-state index contributed by atoms with van der Waals surface area (Å²) in [7, 11) is 0. The number of anilines is 1. The number of aliphatic imine (C=N–C) groups is 1. The van der Waals surface area contributed by atoms with Gasteiger partial charge in [0.15, 0.2) is 5.82 Å². The molecule has 0 atom stereocenters. The van der Waals surface area contributed by atoms with Crippen LogP contribution in [0.25, 0.3) is 11.3 Å². The van der Waals surface area contributed by atoms with Crippen molar-refractivity contribution in [2.24, 2.45) is 4.99 Å². The molecule has 1 aliphatic carbocycles. The molecular weight excluding hydrogens is 350 g/mol. The maximum absolute atomic E-state index is 6.06. The van der Waals surface area contributed by atoms with Crippen molar-refractivity contribution >= 4 is 17.3 Å². The zero-order valence-corrected chi connectivity index (χ0v) is 15.5. The maximum atomic E-state index is 6.06. The van der Waals surface area contributed by atoms with Crippen LogP contribution in [0.2, 0.25) is 0 Å². The monoisotopic (exact) mass is 371 g/mol. The fourth-order valence-corrected chi connectivity index (χ4v) is 3.73. The molecule has 0 amide bonds. The predicted molar refractivity (Wildman–Crippen MR) is 109 cm³/mol. The Morgan fingerprint density at radius 1 is 1.00 bits per heavy atom. The molecule has 0 bridgehead atoms. The summed E-state index contributed by atoms with van der Waals surface area (Å²) in [4.78, 5) is 17.9. The number of amidine groups is 1. The van der Waals surface area contributed by atoms with Crippen LogP contribution in [0.4, 0.5) is 11.5 Å². The first-order valence-electron chi connectivity index (χ1n) is 9.71. The summed E-state index contributed by atoms with van der Waals surface area (Å²) in [6, 6.07) is 11.8. The highest BCUT2D eigenvalue weighted by molar-refractivity contribution is 6.03. The largest absolute Gasteiger partial charge is 0.490 e. The molecule has 0 spiro atoms. The van der Waals surface area contributed by atoms with E-state index in [0.29, 0.717) is 18.3 Å². The third kappa shape index (κ3) is 3.58. The van der Waals surface area contributed by atoms with Crippen molar-refractivity contribution in [3.05, 3.63) is 60.7 Å². The third-order valence-electron chi connectivity index (χ3n) is 5.14. The molecular formula is C22H21N5O. The molecule has 140 valence electrons. The Morgan fingerprint density at radius 2 is 1.86 bits per heavy atom. The fourth-order valence-electron chi connectivity index (χ4n) is 3.73. The van der Waals surface area contributed by atoms with Crippen molar-refractivity contribution in [3.8, 4) is 17.0 Å². The summed E-state index contributed by atoms with van der Waals surface area (Å²) in [5.41, 5.74) is 3.98. The molecule has 0 radical (unpaired) electrons. The van der Waals surface area contributed by atoms with Crippen molar-refractivity contribution in [1.29, 1.82) is 0 Å². The topological polar surface area (TPSA) is 72.3 Å². The van der Waals surface area contributed by atoms with Gasteiger partial charge >= 0.3 is 0 Å². The van der Waals surface area contributed by atoms with Gasteiger partial charge in [-0.15, -0.1) is 0 Å². The van der Waals surface area contributed by atoms with Gasteiger partial charge in [-0.05, 0) is 56.0 Å². The van der Waals surface area contributed by atoms with E-state index in [0.717, 1.165) is 47.1 Å². The Morgan fingerprint density at radius 3 is 2.71 bits per heavy atom. The van der Waals surface area contributed by atoms with Crippen molar-refractivity contribution in [2.45, 2.75) is 38.2 Å². The van der Waals surface area contributed by atoms with E-state index in [-0.39, 0.29) is 0 Å². The molecule has 4 heterocycles. The van der Waals surface area contributed by atoms with Gasteiger partial charge in [-0.25, -0.2) is 9.98 Å². The van der Waals surface area contributed by atoms with Gasteiger partial charge in [0.1, 0.15) is 11.6 Å². The number of nitrogens with one attached hydrogen (secondary N) is 1. The van der Waals surface area contributed by atoms with Crippen LogP contribution in [0, 0.1) is 0 Å². The smallest absolute Gasteiger partial charge is 0.157 e. The normalized spacial score (nSPS) is 17.5. The molecule has 1 aliphatic heterocycles. The van der Waals surface area contributed by atoms with Gasteiger partial charge in [0, 0.05) is 30.2 Å². The fraction of sp³-hybridized carbons (Fsp3) is 0.273.